The second kappa shape index (κ2) is 4.24. The topological polar surface area (TPSA) is 15.3 Å². The highest BCUT2D eigenvalue weighted by molar-refractivity contribution is 4.77. The zero-order valence-electron chi connectivity index (χ0n) is 7.89. The highest BCUT2D eigenvalue weighted by Crippen LogP contribution is 2.17. The molecule has 0 aliphatic carbocycles. The van der Waals surface area contributed by atoms with Crippen molar-refractivity contribution in [3.05, 3.63) is 0 Å². The molecule has 2 nitrogen and oxygen atoms in total. The largest absolute Gasteiger partial charge is 0.302 e. The molecule has 70 valence electrons. The van der Waals surface area contributed by atoms with Gasteiger partial charge < -0.3 is 5.32 Å². The third-order valence-corrected chi connectivity index (χ3v) is 3.12. The number of hydrogen-bond acceptors (Lipinski definition) is 2. The summed E-state index contributed by atoms with van der Waals surface area (Å²) in [4.78, 5) is 2.59. The summed E-state index contributed by atoms with van der Waals surface area (Å²) < 4.78 is 0. The van der Waals surface area contributed by atoms with Crippen molar-refractivity contribution in [1.29, 1.82) is 0 Å². The Morgan fingerprint density at radius 2 is 1.75 bits per heavy atom. The maximum Gasteiger partial charge on any atom is 0.0597 e. The van der Waals surface area contributed by atoms with E-state index in [0.29, 0.717) is 0 Å². The van der Waals surface area contributed by atoms with Crippen LogP contribution in [0, 0.1) is 0 Å². The molecule has 2 saturated heterocycles. The molecule has 2 aliphatic rings. The molecule has 2 heterocycles. The fraction of sp³-hybridized carbons (Fsp3) is 1.00. The van der Waals surface area contributed by atoms with Crippen molar-refractivity contribution in [2.75, 3.05) is 19.6 Å². The first-order chi connectivity index (χ1) is 5.97. The van der Waals surface area contributed by atoms with E-state index in [1.807, 2.05) is 0 Å². The van der Waals surface area contributed by atoms with Gasteiger partial charge in [-0.25, -0.2) is 0 Å². The highest BCUT2D eigenvalue weighted by atomic mass is 15.3. The predicted molar refractivity (Wildman–Crippen MR) is 51.1 cm³/mol. The van der Waals surface area contributed by atoms with Gasteiger partial charge in [-0.3, -0.25) is 4.90 Å². The van der Waals surface area contributed by atoms with Crippen molar-refractivity contribution < 1.29 is 0 Å². The van der Waals surface area contributed by atoms with Gasteiger partial charge in [-0.15, -0.1) is 0 Å². The van der Waals surface area contributed by atoms with E-state index in [0.717, 1.165) is 6.17 Å². The van der Waals surface area contributed by atoms with Crippen molar-refractivity contribution in [2.45, 2.75) is 44.7 Å². The molecule has 2 aliphatic heterocycles. The number of likely N-dealkylation sites (tertiary alicyclic amines) is 1. The zero-order chi connectivity index (χ0) is 8.23. The Bertz CT molecular complexity index is 124. The summed E-state index contributed by atoms with van der Waals surface area (Å²) in [6.45, 7) is 3.90. The van der Waals surface area contributed by atoms with Crippen LogP contribution in [0.15, 0.2) is 0 Å². The van der Waals surface area contributed by atoms with Gasteiger partial charge in [0, 0.05) is 13.1 Å². The number of hydrogen-bond donors (Lipinski definition) is 1. The third kappa shape index (κ3) is 1.99. The molecule has 2 rings (SSSR count). The molecule has 0 aromatic rings. The molecule has 1 atom stereocenters. The van der Waals surface area contributed by atoms with E-state index in [-0.39, 0.29) is 0 Å². The lowest BCUT2D eigenvalue weighted by Crippen LogP contribution is -2.52. The minimum atomic E-state index is 0.721. The Hall–Kier alpha value is -0.0800. The number of nitrogens with one attached hydrogen (secondary N) is 1. The van der Waals surface area contributed by atoms with Crippen LogP contribution in [0.4, 0.5) is 0 Å². The van der Waals surface area contributed by atoms with E-state index in [1.54, 1.807) is 0 Å². The minimum absolute atomic E-state index is 0.721. The Morgan fingerprint density at radius 3 is 2.50 bits per heavy atom. The number of rotatable bonds is 1. The highest BCUT2D eigenvalue weighted by Gasteiger charge is 2.23. The van der Waals surface area contributed by atoms with E-state index >= 15 is 0 Å². The summed E-state index contributed by atoms with van der Waals surface area (Å²) in [6.07, 6.45) is 9.20. The fourth-order valence-corrected chi connectivity index (χ4v) is 2.15. The normalized spacial score (nSPS) is 33.5. The minimum Gasteiger partial charge on any atom is -0.302 e. The molecule has 0 spiro atoms. The van der Waals surface area contributed by atoms with Gasteiger partial charge in [0.25, 0.3) is 0 Å². The molecule has 2 fully saturated rings. The van der Waals surface area contributed by atoms with Crippen molar-refractivity contribution >= 4 is 0 Å². The van der Waals surface area contributed by atoms with E-state index in [9.17, 15) is 0 Å². The summed E-state index contributed by atoms with van der Waals surface area (Å²) in [6, 6.07) is 0. The summed E-state index contributed by atoms with van der Waals surface area (Å²) in [5, 5.41) is 3.65. The maximum atomic E-state index is 3.65. The van der Waals surface area contributed by atoms with E-state index in [2.05, 4.69) is 10.2 Å². The van der Waals surface area contributed by atoms with Gasteiger partial charge in [0.2, 0.25) is 0 Å². The van der Waals surface area contributed by atoms with Crippen molar-refractivity contribution in [2.24, 2.45) is 0 Å². The molecule has 2 heteroatoms. The van der Waals surface area contributed by atoms with Gasteiger partial charge in [0.1, 0.15) is 0 Å². The van der Waals surface area contributed by atoms with Gasteiger partial charge >= 0.3 is 0 Å². The standard InChI is InChI=1S/C10H20N2/c1-2-4-7-11-10(6-3-1)12-8-5-9-12/h10-11H,1-9H2. The lowest BCUT2D eigenvalue weighted by Gasteiger charge is -2.39. The lowest BCUT2D eigenvalue weighted by molar-refractivity contribution is 0.0836. The van der Waals surface area contributed by atoms with Crippen molar-refractivity contribution in [3.8, 4) is 0 Å². The van der Waals surface area contributed by atoms with Gasteiger partial charge in [-0.05, 0) is 25.8 Å². The van der Waals surface area contributed by atoms with Crippen LogP contribution in [0.3, 0.4) is 0 Å². The molecule has 0 amide bonds. The first-order valence-electron chi connectivity index (χ1n) is 5.44. The van der Waals surface area contributed by atoms with Crippen LogP contribution < -0.4 is 5.32 Å². The molecule has 0 aromatic heterocycles. The van der Waals surface area contributed by atoms with Crippen LogP contribution in [-0.4, -0.2) is 30.7 Å². The van der Waals surface area contributed by atoms with Crippen LogP contribution >= 0.6 is 0 Å². The summed E-state index contributed by atoms with van der Waals surface area (Å²) in [5.74, 6) is 0. The van der Waals surface area contributed by atoms with E-state index in [4.69, 9.17) is 0 Å². The smallest absolute Gasteiger partial charge is 0.0597 e. The Balaban J connectivity index is 1.77. The second-order valence-electron chi connectivity index (χ2n) is 4.06. The Morgan fingerprint density at radius 1 is 0.917 bits per heavy atom. The predicted octanol–water partition coefficient (Wildman–Crippen LogP) is 1.57. The molecule has 0 aromatic carbocycles. The monoisotopic (exact) mass is 168 g/mol. The van der Waals surface area contributed by atoms with Crippen molar-refractivity contribution in [1.82, 2.24) is 10.2 Å². The lowest BCUT2D eigenvalue weighted by atomic mass is 10.1. The molecule has 12 heavy (non-hydrogen) atoms. The SMILES string of the molecule is C1CCCC(N2CCC2)NCC1. The van der Waals surface area contributed by atoms with Gasteiger partial charge in [0.05, 0.1) is 6.17 Å². The molecule has 1 N–H and O–H groups in total. The van der Waals surface area contributed by atoms with Crippen LogP contribution in [-0.2, 0) is 0 Å². The average molecular weight is 168 g/mol. The summed E-state index contributed by atoms with van der Waals surface area (Å²) in [5.41, 5.74) is 0. The number of nitrogens with zero attached hydrogens (tertiary/aromatic N) is 1. The van der Waals surface area contributed by atoms with Crippen LogP contribution in [0.2, 0.25) is 0 Å². The Labute approximate surface area is 75.3 Å². The molecule has 0 saturated carbocycles. The van der Waals surface area contributed by atoms with Crippen LogP contribution in [0.1, 0.15) is 38.5 Å². The van der Waals surface area contributed by atoms with E-state index in [1.165, 1.54) is 58.2 Å². The third-order valence-electron chi connectivity index (χ3n) is 3.12. The van der Waals surface area contributed by atoms with E-state index < -0.39 is 0 Å². The average Bonchev–Trinajstić information content (AvgIpc) is 1.90. The summed E-state index contributed by atoms with van der Waals surface area (Å²) >= 11 is 0. The first-order valence-corrected chi connectivity index (χ1v) is 5.44. The molecule has 1 unspecified atom stereocenters. The molecular weight excluding hydrogens is 148 g/mol. The van der Waals surface area contributed by atoms with Gasteiger partial charge in [-0.2, -0.15) is 0 Å². The fourth-order valence-electron chi connectivity index (χ4n) is 2.15. The quantitative estimate of drug-likeness (QED) is 0.639. The molecular formula is C10H20N2. The Kier molecular flexibility index (Phi) is 3.01. The van der Waals surface area contributed by atoms with Crippen LogP contribution in [0.5, 0.6) is 0 Å². The maximum absolute atomic E-state index is 3.65. The molecule has 0 radical (unpaired) electrons. The van der Waals surface area contributed by atoms with Crippen LogP contribution in [0.25, 0.3) is 0 Å². The van der Waals surface area contributed by atoms with Gasteiger partial charge in [-0.1, -0.05) is 19.3 Å². The molecule has 0 bridgehead atoms. The van der Waals surface area contributed by atoms with Gasteiger partial charge in [0.15, 0.2) is 0 Å². The first kappa shape index (κ1) is 8.52. The zero-order valence-corrected chi connectivity index (χ0v) is 7.89. The van der Waals surface area contributed by atoms with Crippen molar-refractivity contribution in [3.63, 3.8) is 0 Å². The summed E-state index contributed by atoms with van der Waals surface area (Å²) in [7, 11) is 0. The second-order valence-corrected chi connectivity index (χ2v) is 4.06.